The van der Waals surface area contributed by atoms with Crippen molar-refractivity contribution in [1.29, 1.82) is 0 Å². The molecule has 0 unspecified atom stereocenters. The fraction of sp³-hybridized carbons (Fsp3) is 0.158. The Labute approximate surface area is 149 Å². The molecule has 0 aliphatic rings. The molecule has 0 fully saturated rings. The summed E-state index contributed by atoms with van der Waals surface area (Å²) in [4.78, 5) is 3.23. The minimum atomic E-state index is -0.424. The van der Waals surface area contributed by atoms with Crippen LogP contribution in [0, 0.1) is 5.82 Å². The van der Waals surface area contributed by atoms with Crippen molar-refractivity contribution in [2.45, 2.75) is 19.9 Å². The highest BCUT2D eigenvalue weighted by atomic mass is 35.5. The Morgan fingerprint density at radius 2 is 1.88 bits per heavy atom. The van der Waals surface area contributed by atoms with Crippen LogP contribution in [-0.4, -0.2) is 20.0 Å². The van der Waals surface area contributed by atoms with Crippen molar-refractivity contribution < 1.29 is 4.39 Å². The van der Waals surface area contributed by atoms with E-state index in [0.29, 0.717) is 0 Å². The van der Waals surface area contributed by atoms with E-state index in [0.717, 1.165) is 33.4 Å². The minimum Gasteiger partial charge on any atom is -0.361 e. The quantitative estimate of drug-likeness (QED) is 0.530. The molecule has 6 heteroatoms. The highest BCUT2D eigenvalue weighted by Crippen LogP contribution is 2.34. The molecule has 4 aromatic rings. The van der Waals surface area contributed by atoms with Crippen molar-refractivity contribution in [1.82, 2.24) is 20.0 Å². The fourth-order valence-corrected chi connectivity index (χ4v) is 3.17. The second-order valence-corrected chi connectivity index (χ2v) is 6.63. The van der Waals surface area contributed by atoms with E-state index in [9.17, 15) is 4.39 Å². The van der Waals surface area contributed by atoms with Gasteiger partial charge in [-0.3, -0.25) is 0 Å². The smallest absolute Gasteiger partial charge is 0.141 e. The number of hydrogen-bond acceptors (Lipinski definition) is 2. The number of rotatable bonds is 3. The van der Waals surface area contributed by atoms with Crippen molar-refractivity contribution in [3.05, 3.63) is 59.5 Å². The molecule has 4 nitrogen and oxygen atoms in total. The maximum Gasteiger partial charge on any atom is 0.141 e. The third-order valence-corrected chi connectivity index (χ3v) is 4.52. The number of nitrogens with one attached hydrogen (secondary N) is 1. The average molecular weight is 355 g/mol. The van der Waals surface area contributed by atoms with Crippen molar-refractivity contribution in [3.63, 3.8) is 0 Å². The van der Waals surface area contributed by atoms with Gasteiger partial charge in [0.2, 0.25) is 0 Å². The topological polar surface area (TPSA) is 46.5 Å². The van der Waals surface area contributed by atoms with Crippen LogP contribution in [0.15, 0.2) is 48.7 Å². The molecule has 0 saturated heterocycles. The summed E-state index contributed by atoms with van der Waals surface area (Å²) in [6.45, 7) is 4.14. The predicted molar refractivity (Wildman–Crippen MR) is 98.1 cm³/mol. The summed E-state index contributed by atoms with van der Waals surface area (Å²) in [6, 6.07) is 13.0. The van der Waals surface area contributed by atoms with Crippen LogP contribution in [0.1, 0.15) is 19.9 Å². The largest absolute Gasteiger partial charge is 0.361 e. The van der Waals surface area contributed by atoms with Crippen LogP contribution in [0.3, 0.4) is 0 Å². The molecule has 2 heterocycles. The molecule has 2 aromatic heterocycles. The van der Waals surface area contributed by atoms with Gasteiger partial charge in [0, 0.05) is 23.4 Å². The van der Waals surface area contributed by atoms with Gasteiger partial charge in [-0.2, -0.15) is 0 Å². The molecular weight excluding hydrogens is 339 g/mol. The SMILES string of the molecule is CC(C)n1nnc2ccc(-c3cc[nH]c3-c3ccc(F)c(Cl)c3)cc21. The average Bonchev–Trinajstić information content (AvgIpc) is 3.23. The summed E-state index contributed by atoms with van der Waals surface area (Å²) in [5, 5.41) is 8.54. The molecule has 0 bridgehead atoms. The van der Waals surface area contributed by atoms with Crippen molar-refractivity contribution >= 4 is 22.6 Å². The molecule has 4 rings (SSSR count). The van der Waals surface area contributed by atoms with Gasteiger partial charge in [0.25, 0.3) is 0 Å². The lowest BCUT2D eigenvalue weighted by Gasteiger charge is -2.08. The van der Waals surface area contributed by atoms with E-state index in [1.165, 1.54) is 6.07 Å². The van der Waals surface area contributed by atoms with Gasteiger partial charge in [-0.25, -0.2) is 9.07 Å². The molecule has 1 N–H and O–H groups in total. The van der Waals surface area contributed by atoms with Gasteiger partial charge < -0.3 is 4.98 Å². The van der Waals surface area contributed by atoms with Gasteiger partial charge in [0.15, 0.2) is 0 Å². The second kappa shape index (κ2) is 6.01. The van der Waals surface area contributed by atoms with E-state index in [-0.39, 0.29) is 11.1 Å². The molecule has 0 amide bonds. The standard InChI is InChI=1S/C19H16ClFN4/c1-11(2)25-18-10-12(4-6-17(18)23-24-25)14-7-8-22-19(14)13-3-5-16(21)15(20)9-13/h3-11,22H,1-2H3. The summed E-state index contributed by atoms with van der Waals surface area (Å²) >= 11 is 5.94. The summed E-state index contributed by atoms with van der Waals surface area (Å²) < 4.78 is 15.4. The molecule has 126 valence electrons. The predicted octanol–water partition coefficient (Wildman–Crippen LogP) is 5.47. The number of aromatic nitrogens is 4. The van der Waals surface area contributed by atoms with Gasteiger partial charge in [-0.15, -0.1) is 5.10 Å². The van der Waals surface area contributed by atoms with Crippen LogP contribution < -0.4 is 0 Å². The van der Waals surface area contributed by atoms with Gasteiger partial charge >= 0.3 is 0 Å². The van der Waals surface area contributed by atoms with Crippen molar-refractivity contribution in [3.8, 4) is 22.4 Å². The Bertz CT molecular complexity index is 1060. The molecule has 0 saturated carbocycles. The molecule has 0 atom stereocenters. The Balaban J connectivity index is 1.86. The molecular formula is C19H16ClFN4. The number of hydrogen-bond donors (Lipinski definition) is 1. The van der Waals surface area contributed by atoms with Crippen LogP contribution in [-0.2, 0) is 0 Å². The van der Waals surface area contributed by atoms with Gasteiger partial charge in [0.1, 0.15) is 11.3 Å². The van der Waals surface area contributed by atoms with Crippen LogP contribution >= 0.6 is 11.6 Å². The Morgan fingerprint density at radius 3 is 2.64 bits per heavy atom. The molecule has 0 spiro atoms. The summed E-state index contributed by atoms with van der Waals surface area (Å²) in [6.07, 6.45) is 1.87. The minimum absolute atomic E-state index is 0.107. The van der Waals surface area contributed by atoms with Crippen LogP contribution in [0.4, 0.5) is 4.39 Å². The second-order valence-electron chi connectivity index (χ2n) is 6.23. The van der Waals surface area contributed by atoms with E-state index in [4.69, 9.17) is 11.6 Å². The summed E-state index contributed by atoms with van der Waals surface area (Å²) in [5.74, 6) is -0.424. The van der Waals surface area contributed by atoms with E-state index >= 15 is 0 Å². The van der Waals surface area contributed by atoms with Crippen LogP contribution in [0.25, 0.3) is 33.4 Å². The van der Waals surface area contributed by atoms with E-state index in [1.807, 2.05) is 29.1 Å². The molecule has 0 aliphatic heterocycles. The highest BCUT2D eigenvalue weighted by Gasteiger charge is 2.13. The Morgan fingerprint density at radius 1 is 1.08 bits per heavy atom. The number of benzene rings is 2. The Hall–Kier alpha value is -2.66. The first-order chi connectivity index (χ1) is 12.0. The zero-order valence-corrected chi connectivity index (χ0v) is 14.5. The third-order valence-electron chi connectivity index (χ3n) is 4.23. The normalized spacial score (nSPS) is 11.6. The van der Waals surface area contributed by atoms with E-state index in [2.05, 4.69) is 35.2 Å². The third kappa shape index (κ3) is 2.70. The first-order valence-electron chi connectivity index (χ1n) is 8.02. The zero-order valence-electron chi connectivity index (χ0n) is 13.8. The van der Waals surface area contributed by atoms with E-state index < -0.39 is 5.82 Å². The van der Waals surface area contributed by atoms with Crippen molar-refractivity contribution in [2.24, 2.45) is 0 Å². The van der Waals surface area contributed by atoms with Crippen LogP contribution in [0.5, 0.6) is 0 Å². The van der Waals surface area contributed by atoms with Crippen molar-refractivity contribution in [2.75, 3.05) is 0 Å². The maximum atomic E-state index is 13.5. The number of aromatic amines is 1. The van der Waals surface area contributed by atoms with Gasteiger partial charge in [-0.05, 0) is 55.8 Å². The summed E-state index contributed by atoms with van der Waals surface area (Å²) in [5.41, 5.74) is 5.62. The maximum absolute atomic E-state index is 13.5. The summed E-state index contributed by atoms with van der Waals surface area (Å²) in [7, 11) is 0. The lowest BCUT2D eigenvalue weighted by Crippen LogP contribution is -2.02. The number of nitrogens with zero attached hydrogens (tertiary/aromatic N) is 3. The highest BCUT2D eigenvalue weighted by molar-refractivity contribution is 6.31. The lowest BCUT2D eigenvalue weighted by molar-refractivity contribution is 0.530. The molecule has 2 aromatic carbocycles. The lowest BCUT2D eigenvalue weighted by atomic mass is 10.0. The molecule has 0 aliphatic carbocycles. The number of fused-ring (bicyclic) bond motifs is 1. The number of halogens is 2. The molecule has 0 radical (unpaired) electrons. The first kappa shape index (κ1) is 15.8. The van der Waals surface area contributed by atoms with Gasteiger partial charge in [-0.1, -0.05) is 22.9 Å². The van der Waals surface area contributed by atoms with Crippen LogP contribution in [0.2, 0.25) is 5.02 Å². The fourth-order valence-electron chi connectivity index (χ4n) is 2.99. The number of H-pyrrole nitrogens is 1. The Kier molecular flexibility index (Phi) is 3.81. The molecule has 25 heavy (non-hydrogen) atoms. The first-order valence-corrected chi connectivity index (χ1v) is 8.40. The monoisotopic (exact) mass is 354 g/mol. The van der Waals surface area contributed by atoms with E-state index in [1.54, 1.807) is 12.1 Å². The zero-order chi connectivity index (χ0) is 17.6. The van der Waals surface area contributed by atoms with Gasteiger partial charge in [0.05, 0.1) is 16.2 Å².